The van der Waals surface area contributed by atoms with Gasteiger partial charge in [0.05, 0.1) is 24.0 Å². The Balaban J connectivity index is 2.64. The molecule has 114 valence electrons. The first kappa shape index (κ1) is 16.7. The van der Waals surface area contributed by atoms with E-state index in [0.717, 1.165) is 5.69 Å². The fraction of sp³-hybridized carbons (Fsp3) is 0.714. The molecule has 2 N–H and O–H groups in total. The molecule has 0 aliphatic rings. The number of ether oxygens (including phenoxy) is 1. The second-order valence-corrected chi connectivity index (χ2v) is 5.97. The van der Waals surface area contributed by atoms with Crippen LogP contribution in [0.4, 0.5) is 0 Å². The van der Waals surface area contributed by atoms with Gasteiger partial charge in [-0.2, -0.15) is 5.10 Å². The second kappa shape index (κ2) is 6.85. The molecule has 0 radical (unpaired) electrons. The van der Waals surface area contributed by atoms with Crippen molar-refractivity contribution in [2.24, 2.45) is 7.05 Å². The van der Waals surface area contributed by atoms with Gasteiger partial charge in [0, 0.05) is 32.3 Å². The molecule has 1 heterocycles. The number of aliphatic hydroxyl groups excluding tert-OH is 1. The molecule has 0 aliphatic heterocycles. The Hall–Kier alpha value is -1.40. The number of hydrogen-bond acceptors (Lipinski definition) is 4. The Kier molecular flexibility index (Phi) is 5.71. The summed E-state index contributed by atoms with van der Waals surface area (Å²) in [5.74, 6) is -0.160. The first-order valence-electron chi connectivity index (χ1n) is 6.75. The van der Waals surface area contributed by atoms with Crippen molar-refractivity contribution in [2.75, 3.05) is 20.3 Å². The minimum Gasteiger partial charge on any atom is -0.391 e. The molecular formula is C14H25N3O3. The molecule has 1 aromatic heterocycles. The summed E-state index contributed by atoms with van der Waals surface area (Å²) in [6, 6.07) is 0. The number of methoxy groups -OCH3 is 1. The van der Waals surface area contributed by atoms with Gasteiger partial charge in [-0.1, -0.05) is 20.8 Å². The summed E-state index contributed by atoms with van der Waals surface area (Å²) >= 11 is 0. The summed E-state index contributed by atoms with van der Waals surface area (Å²) in [5, 5.41) is 16.7. The lowest BCUT2D eigenvalue weighted by molar-refractivity contribution is 0.0587. The van der Waals surface area contributed by atoms with Crippen LogP contribution >= 0.6 is 0 Å². The van der Waals surface area contributed by atoms with E-state index in [1.807, 2.05) is 20.8 Å². The predicted octanol–water partition coefficient (Wildman–Crippen LogP) is 0.845. The van der Waals surface area contributed by atoms with Crippen molar-refractivity contribution in [3.63, 3.8) is 0 Å². The molecule has 0 fully saturated rings. The molecule has 6 heteroatoms. The lowest BCUT2D eigenvalue weighted by atomic mass is 9.89. The monoisotopic (exact) mass is 283 g/mol. The highest BCUT2D eigenvalue weighted by molar-refractivity contribution is 5.95. The number of carbonyl (C=O) groups is 1. The van der Waals surface area contributed by atoms with Gasteiger partial charge in [0.2, 0.25) is 0 Å². The number of aliphatic hydroxyl groups is 1. The number of nitrogens with one attached hydrogen (secondary N) is 1. The van der Waals surface area contributed by atoms with Crippen LogP contribution in [0.5, 0.6) is 0 Å². The van der Waals surface area contributed by atoms with Gasteiger partial charge in [-0.05, 0) is 6.42 Å². The van der Waals surface area contributed by atoms with E-state index in [0.29, 0.717) is 18.5 Å². The molecule has 0 aliphatic carbocycles. The molecule has 1 rings (SSSR count). The Labute approximate surface area is 120 Å². The molecule has 0 spiro atoms. The number of carbonyl (C=O) groups excluding carboxylic acids is 1. The Morgan fingerprint density at radius 3 is 2.75 bits per heavy atom. The van der Waals surface area contributed by atoms with E-state index in [2.05, 4.69) is 10.4 Å². The van der Waals surface area contributed by atoms with Crippen molar-refractivity contribution in [3.05, 3.63) is 17.5 Å². The van der Waals surface area contributed by atoms with E-state index >= 15 is 0 Å². The van der Waals surface area contributed by atoms with Gasteiger partial charge in [-0.3, -0.25) is 9.48 Å². The number of aromatic nitrogens is 2. The molecule has 0 saturated carbocycles. The largest absolute Gasteiger partial charge is 0.391 e. The fourth-order valence-electron chi connectivity index (χ4n) is 1.93. The zero-order valence-electron chi connectivity index (χ0n) is 12.9. The molecule has 0 saturated heterocycles. The van der Waals surface area contributed by atoms with Crippen LogP contribution in [0, 0.1) is 0 Å². The average molecular weight is 283 g/mol. The van der Waals surface area contributed by atoms with Crippen LogP contribution in [0.15, 0.2) is 6.20 Å². The number of aryl methyl sites for hydroxylation is 1. The van der Waals surface area contributed by atoms with Gasteiger partial charge in [0.15, 0.2) is 0 Å². The molecule has 6 nitrogen and oxygen atoms in total. The van der Waals surface area contributed by atoms with Gasteiger partial charge in [-0.25, -0.2) is 0 Å². The summed E-state index contributed by atoms with van der Waals surface area (Å²) in [6.45, 7) is 6.75. The third kappa shape index (κ3) is 4.61. The van der Waals surface area contributed by atoms with Gasteiger partial charge < -0.3 is 15.2 Å². The first-order valence-corrected chi connectivity index (χ1v) is 6.75. The summed E-state index contributed by atoms with van der Waals surface area (Å²) in [4.78, 5) is 12.2. The zero-order chi connectivity index (χ0) is 15.3. The van der Waals surface area contributed by atoms with Crippen LogP contribution < -0.4 is 5.32 Å². The van der Waals surface area contributed by atoms with Crippen molar-refractivity contribution in [1.29, 1.82) is 0 Å². The standard InChI is InChI=1S/C14H25N3O3/c1-14(2,3)12-11(8-17(4)16-12)13(19)15-7-6-10(18)9-20-5/h8,10,18H,6-7,9H2,1-5H3,(H,15,19). The quantitative estimate of drug-likeness (QED) is 0.811. The second-order valence-electron chi connectivity index (χ2n) is 5.97. The van der Waals surface area contributed by atoms with Crippen molar-refractivity contribution in [1.82, 2.24) is 15.1 Å². The summed E-state index contributed by atoms with van der Waals surface area (Å²) in [5.41, 5.74) is 1.17. The first-order chi connectivity index (χ1) is 9.25. The van der Waals surface area contributed by atoms with Crippen LogP contribution in [0.3, 0.4) is 0 Å². The maximum atomic E-state index is 12.2. The van der Waals surface area contributed by atoms with Crippen LogP contribution in [-0.4, -0.2) is 47.2 Å². The molecule has 1 atom stereocenters. The summed E-state index contributed by atoms with van der Waals surface area (Å²) in [6.07, 6.45) is 1.63. The van der Waals surface area contributed by atoms with Gasteiger partial charge in [0.25, 0.3) is 5.91 Å². The Morgan fingerprint density at radius 2 is 2.20 bits per heavy atom. The van der Waals surface area contributed by atoms with Gasteiger partial charge in [-0.15, -0.1) is 0 Å². The fourth-order valence-corrected chi connectivity index (χ4v) is 1.93. The van der Waals surface area contributed by atoms with Crippen LogP contribution in [0.25, 0.3) is 0 Å². The van der Waals surface area contributed by atoms with E-state index in [1.54, 1.807) is 17.9 Å². The topological polar surface area (TPSA) is 76.4 Å². The molecule has 20 heavy (non-hydrogen) atoms. The van der Waals surface area contributed by atoms with E-state index in [1.165, 1.54) is 7.11 Å². The van der Waals surface area contributed by atoms with E-state index in [-0.39, 0.29) is 17.9 Å². The highest BCUT2D eigenvalue weighted by atomic mass is 16.5. The summed E-state index contributed by atoms with van der Waals surface area (Å²) < 4.78 is 6.48. The van der Waals surface area contributed by atoms with Crippen molar-refractivity contribution in [2.45, 2.75) is 38.7 Å². The zero-order valence-corrected chi connectivity index (χ0v) is 12.9. The smallest absolute Gasteiger partial charge is 0.254 e. The number of amides is 1. The van der Waals surface area contributed by atoms with E-state index in [9.17, 15) is 9.90 Å². The Morgan fingerprint density at radius 1 is 1.55 bits per heavy atom. The third-order valence-corrected chi connectivity index (χ3v) is 2.91. The molecule has 1 aromatic rings. The lowest BCUT2D eigenvalue weighted by Crippen LogP contribution is -2.30. The van der Waals surface area contributed by atoms with Crippen molar-refractivity contribution < 1.29 is 14.6 Å². The van der Waals surface area contributed by atoms with E-state index < -0.39 is 6.10 Å². The normalized spacial score (nSPS) is 13.3. The molecular weight excluding hydrogens is 258 g/mol. The minimum atomic E-state index is -0.559. The minimum absolute atomic E-state index is 0.160. The number of hydrogen-bond donors (Lipinski definition) is 2. The highest BCUT2D eigenvalue weighted by Crippen LogP contribution is 2.23. The third-order valence-electron chi connectivity index (χ3n) is 2.91. The summed E-state index contributed by atoms with van der Waals surface area (Å²) in [7, 11) is 3.33. The van der Waals surface area contributed by atoms with Crippen LogP contribution in [-0.2, 0) is 17.2 Å². The predicted molar refractivity (Wildman–Crippen MR) is 76.7 cm³/mol. The lowest BCUT2D eigenvalue weighted by Gasteiger charge is -2.17. The Bertz CT molecular complexity index is 449. The van der Waals surface area contributed by atoms with E-state index in [4.69, 9.17) is 4.74 Å². The van der Waals surface area contributed by atoms with Crippen molar-refractivity contribution in [3.8, 4) is 0 Å². The maximum Gasteiger partial charge on any atom is 0.254 e. The SMILES string of the molecule is COCC(O)CCNC(=O)c1cn(C)nc1C(C)(C)C. The maximum absolute atomic E-state index is 12.2. The number of nitrogens with zero attached hydrogens (tertiary/aromatic N) is 2. The van der Waals surface area contributed by atoms with Crippen molar-refractivity contribution >= 4 is 5.91 Å². The molecule has 0 bridgehead atoms. The van der Waals surface area contributed by atoms with Gasteiger partial charge in [0.1, 0.15) is 0 Å². The van der Waals surface area contributed by atoms with Crippen LogP contribution in [0.2, 0.25) is 0 Å². The van der Waals surface area contributed by atoms with Crippen LogP contribution in [0.1, 0.15) is 43.2 Å². The van der Waals surface area contributed by atoms with Gasteiger partial charge >= 0.3 is 0 Å². The average Bonchev–Trinajstić information content (AvgIpc) is 2.71. The molecule has 0 aromatic carbocycles. The molecule has 1 amide bonds. The molecule has 1 unspecified atom stereocenters. The number of rotatable bonds is 6. The highest BCUT2D eigenvalue weighted by Gasteiger charge is 2.25.